The number of carbonyl (C=O) groups excluding carboxylic acids is 2. The van der Waals surface area contributed by atoms with Gasteiger partial charge in [-0.25, -0.2) is 0 Å². The van der Waals surface area contributed by atoms with Gasteiger partial charge in [-0.1, -0.05) is 18.2 Å². The van der Waals surface area contributed by atoms with Gasteiger partial charge < -0.3 is 19.8 Å². The lowest BCUT2D eigenvalue weighted by atomic mass is 9.95. The number of carbonyl (C=O) groups is 2. The molecule has 2 N–H and O–H groups in total. The standard InChI is InChI=1S/C22H24N2O5S/c25-16-6-4-15(5-7-16)19-18(20(26)17-3-1-14-30-17)21(27)22(28)24(19)9-2-8-23-10-12-29-13-11-23/h1,3-7,14,19,25,27H,2,8-13H2/t19-/m0/s1. The van der Waals surface area contributed by atoms with Crippen LogP contribution in [0.25, 0.3) is 0 Å². The molecule has 4 rings (SSSR count). The Morgan fingerprint density at radius 3 is 2.50 bits per heavy atom. The van der Waals surface area contributed by atoms with E-state index < -0.39 is 17.7 Å². The number of thiophene rings is 1. The predicted molar refractivity (Wildman–Crippen MR) is 113 cm³/mol. The molecule has 2 aliphatic heterocycles. The molecule has 3 heterocycles. The predicted octanol–water partition coefficient (Wildman–Crippen LogP) is 2.75. The van der Waals surface area contributed by atoms with Crippen LogP contribution in [0.2, 0.25) is 0 Å². The third-order valence-electron chi connectivity index (χ3n) is 5.48. The summed E-state index contributed by atoms with van der Waals surface area (Å²) in [6.45, 7) is 4.36. The van der Waals surface area contributed by atoms with Crippen molar-refractivity contribution in [2.24, 2.45) is 0 Å². The molecule has 0 unspecified atom stereocenters. The molecule has 7 nitrogen and oxygen atoms in total. The maximum atomic E-state index is 13.1. The molecule has 0 bridgehead atoms. The zero-order valence-corrected chi connectivity index (χ0v) is 17.3. The molecule has 1 atom stereocenters. The molecular formula is C22H24N2O5S. The van der Waals surface area contributed by atoms with Crippen molar-refractivity contribution >= 4 is 23.0 Å². The third-order valence-corrected chi connectivity index (χ3v) is 6.35. The first-order chi connectivity index (χ1) is 14.6. The van der Waals surface area contributed by atoms with Crippen molar-refractivity contribution in [2.75, 3.05) is 39.4 Å². The van der Waals surface area contributed by atoms with Gasteiger partial charge >= 0.3 is 0 Å². The van der Waals surface area contributed by atoms with Gasteiger partial charge in [-0.2, -0.15) is 0 Å². The van der Waals surface area contributed by atoms with Crippen molar-refractivity contribution in [2.45, 2.75) is 12.5 Å². The highest BCUT2D eigenvalue weighted by Gasteiger charge is 2.43. The molecule has 1 aromatic heterocycles. The first-order valence-corrected chi connectivity index (χ1v) is 10.9. The second kappa shape index (κ2) is 8.99. The fourth-order valence-electron chi connectivity index (χ4n) is 3.95. The number of hydrogen-bond acceptors (Lipinski definition) is 7. The molecule has 1 saturated heterocycles. The minimum atomic E-state index is -0.683. The number of aromatic hydroxyl groups is 1. The van der Waals surface area contributed by atoms with Crippen molar-refractivity contribution in [1.82, 2.24) is 9.80 Å². The zero-order valence-electron chi connectivity index (χ0n) is 16.5. The fraction of sp³-hybridized carbons (Fsp3) is 0.364. The maximum absolute atomic E-state index is 13.1. The summed E-state index contributed by atoms with van der Waals surface area (Å²) in [4.78, 5) is 30.3. The second-order valence-electron chi connectivity index (χ2n) is 7.37. The van der Waals surface area contributed by atoms with Crippen molar-refractivity contribution in [1.29, 1.82) is 0 Å². The molecule has 8 heteroatoms. The highest BCUT2D eigenvalue weighted by atomic mass is 32.1. The Kier molecular flexibility index (Phi) is 6.17. The average molecular weight is 429 g/mol. The molecule has 158 valence electrons. The van der Waals surface area contributed by atoms with Crippen molar-refractivity contribution < 1.29 is 24.5 Å². The first-order valence-electron chi connectivity index (χ1n) is 9.97. The van der Waals surface area contributed by atoms with Crippen molar-refractivity contribution in [3.63, 3.8) is 0 Å². The normalized spacial score (nSPS) is 20.2. The number of benzene rings is 1. The lowest BCUT2D eigenvalue weighted by molar-refractivity contribution is -0.129. The van der Waals surface area contributed by atoms with E-state index >= 15 is 0 Å². The Morgan fingerprint density at radius 2 is 1.83 bits per heavy atom. The number of Topliss-reactive ketones (excluding diaryl/α,β-unsaturated/α-hetero) is 1. The Bertz CT molecular complexity index is 933. The van der Waals surface area contributed by atoms with E-state index in [2.05, 4.69) is 4.90 Å². The van der Waals surface area contributed by atoms with Crippen LogP contribution in [0.15, 0.2) is 53.1 Å². The molecule has 0 aliphatic carbocycles. The van der Waals surface area contributed by atoms with Gasteiger partial charge in [-0.15, -0.1) is 11.3 Å². The average Bonchev–Trinajstić information content (AvgIpc) is 3.38. The SMILES string of the molecule is O=C(C1=C(O)C(=O)N(CCCN2CCOCC2)[C@H]1c1ccc(O)cc1)c1cccs1. The van der Waals surface area contributed by atoms with Gasteiger partial charge in [0.25, 0.3) is 5.91 Å². The van der Waals surface area contributed by atoms with Crippen molar-refractivity contribution in [3.05, 3.63) is 63.6 Å². The summed E-state index contributed by atoms with van der Waals surface area (Å²) < 4.78 is 5.37. The number of ether oxygens (including phenoxy) is 1. The Hall–Kier alpha value is -2.68. The number of rotatable bonds is 7. The van der Waals surface area contributed by atoms with E-state index in [1.807, 2.05) is 0 Å². The molecule has 1 aromatic carbocycles. The fourth-order valence-corrected chi connectivity index (χ4v) is 4.63. The number of nitrogens with zero attached hydrogens (tertiary/aromatic N) is 2. The summed E-state index contributed by atoms with van der Waals surface area (Å²) in [5, 5.41) is 22.1. The molecule has 2 aliphatic rings. The van der Waals surface area contributed by atoms with Crippen LogP contribution in [-0.4, -0.2) is 71.1 Å². The van der Waals surface area contributed by atoms with Crippen LogP contribution in [0.5, 0.6) is 5.75 Å². The quantitative estimate of drug-likeness (QED) is 0.659. The molecule has 0 spiro atoms. The van der Waals surface area contributed by atoms with E-state index in [1.165, 1.54) is 23.5 Å². The van der Waals surface area contributed by atoms with Crippen LogP contribution in [0, 0.1) is 0 Å². The number of morpholine rings is 1. The van der Waals surface area contributed by atoms with Gasteiger partial charge in [0, 0.05) is 26.2 Å². The van der Waals surface area contributed by atoms with Crippen LogP contribution < -0.4 is 0 Å². The Morgan fingerprint density at radius 1 is 1.10 bits per heavy atom. The molecule has 2 aromatic rings. The van der Waals surface area contributed by atoms with E-state index in [0.717, 1.165) is 19.6 Å². The molecule has 1 fully saturated rings. The number of aliphatic hydroxyl groups is 1. The van der Waals surface area contributed by atoms with E-state index in [0.29, 0.717) is 36.6 Å². The summed E-state index contributed by atoms with van der Waals surface area (Å²) in [5.41, 5.74) is 0.774. The number of phenolic OH excluding ortho intramolecular Hbond substituents is 1. The highest BCUT2D eigenvalue weighted by Crippen LogP contribution is 2.39. The molecular weight excluding hydrogens is 404 g/mol. The van der Waals surface area contributed by atoms with Crippen LogP contribution >= 0.6 is 11.3 Å². The topological polar surface area (TPSA) is 90.3 Å². The smallest absolute Gasteiger partial charge is 0.290 e. The molecule has 0 saturated carbocycles. The minimum Gasteiger partial charge on any atom is -0.508 e. The number of phenols is 1. The summed E-state index contributed by atoms with van der Waals surface area (Å²) >= 11 is 1.28. The van der Waals surface area contributed by atoms with Crippen LogP contribution in [0.3, 0.4) is 0 Å². The van der Waals surface area contributed by atoms with E-state index in [4.69, 9.17) is 4.74 Å². The van der Waals surface area contributed by atoms with Crippen LogP contribution in [-0.2, 0) is 9.53 Å². The largest absolute Gasteiger partial charge is 0.508 e. The highest BCUT2D eigenvalue weighted by molar-refractivity contribution is 7.12. The number of hydrogen-bond donors (Lipinski definition) is 2. The van der Waals surface area contributed by atoms with Gasteiger partial charge in [0.05, 0.1) is 29.7 Å². The number of ketones is 1. The molecule has 30 heavy (non-hydrogen) atoms. The van der Waals surface area contributed by atoms with E-state index in [1.54, 1.807) is 34.5 Å². The summed E-state index contributed by atoms with van der Waals surface area (Å²) in [7, 11) is 0. The lowest BCUT2D eigenvalue weighted by Gasteiger charge is -2.30. The Balaban J connectivity index is 1.59. The third kappa shape index (κ3) is 4.12. The molecule has 1 amide bonds. The molecule has 0 radical (unpaired) electrons. The first kappa shape index (κ1) is 20.6. The van der Waals surface area contributed by atoms with Gasteiger partial charge in [-0.3, -0.25) is 14.5 Å². The second-order valence-corrected chi connectivity index (χ2v) is 8.32. The van der Waals surface area contributed by atoms with Gasteiger partial charge in [0.2, 0.25) is 5.78 Å². The number of aliphatic hydroxyl groups excluding tert-OH is 1. The van der Waals surface area contributed by atoms with Gasteiger partial charge in [0.15, 0.2) is 5.76 Å². The zero-order chi connectivity index (χ0) is 21.1. The van der Waals surface area contributed by atoms with Gasteiger partial charge in [0.1, 0.15) is 5.75 Å². The van der Waals surface area contributed by atoms with Crippen LogP contribution in [0.4, 0.5) is 0 Å². The lowest BCUT2D eigenvalue weighted by Crippen LogP contribution is -2.39. The summed E-state index contributed by atoms with van der Waals surface area (Å²) in [6, 6.07) is 9.18. The van der Waals surface area contributed by atoms with Crippen molar-refractivity contribution in [3.8, 4) is 5.75 Å². The van der Waals surface area contributed by atoms with Crippen LogP contribution in [0.1, 0.15) is 27.7 Å². The summed E-state index contributed by atoms with van der Waals surface area (Å²) in [5.74, 6) is -1.27. The minimum absolute atomic E-state index is 0.0968. The maximum Gasteiger partial charge on any atom is 0.290 e. The summed E-state index contributed by atoms with van der Waals surface area (Å²) in [6.07, 6.45) is 0.716. The Labute approximate surface area is 178 Å². The van der Waals surface area contributed by atoms with E-state index in [9.17, 15) is 19.8 Å². The monoisotopic (exact) mass is 428 g/mol. The number of amides is 1. The van der Waals surface area contributed by atoms with E-state index in [-0.39, 0.29) is 17.1 Å². The van der Waals surface area contributed by atoms with Gasteiger partial charge in [-0.05, 0) is 35.6 Å².